The molecule has 2 aromatic carbocycles. The topological polar surface area (TPSA) is 29.3 Å². The number of nitrogens with two attached hydrogens (primary N) is 1. The van der Waals surface area contributed by atoms with E-state index in [0.29, 0.717) is 6.54 Å². The Morgan fingerprint density at radius 1 is 1.16 bits per heavy atom. The van der Waals surface area contributed by atoms with Crippen molar-refractivity contribution in [2.24, 2.45) is 5.73 Å². The molecule has 1 heterocycles. The molecule has 0 saturated carbocycles. The van der Waals surface area contributed by atoms with Crippen molar-refractivity contribution in [3.8, 4) is 0 Å². The highest BCUT2D eigenvalue weighted by molar-refractivity contribution is 9.10. The standard InChI is InChI=1S/C16H17BrN2/c17-15-9-12(10-18)5-6-14(15)11-19-8-7-13-3-1-2-4-16(13)19/h1-6,9H,7-8,10-11,18H2. The Morgan fingerprint density at radius 2 is 2.00 bits per heavy atom. The first-order chi connectivity index (χ1) is 9.28. The van der Waals surface area contributed by atoms with E-state index in [4.69, 9.17) is 5.73 Å². The van der Waals surface area contributed by atoms with Crippen LogP contribution in [0.1, 0.15) is 16.7 Å². The third kappa shape index (κ3) is 2.53. The largest absolute Gasteiger partial charge is 0.367 e. The maximum Gasteiger partial charge on any atom is 0.0440 e. The molecule has 3 heteroatoms. The maximum atomic E-state index is 5.66. The first-order valence-electron chi connectivity index (χ1n) is 6.58. The first kappa shape index (κ1) is 12.7. The van der Waals surface area contributed by atoms with Gasteiger partial charge < -0.3 is 10.6 Å². The molecule has 1 aliphatic rings. The lowest BCUT2D eigenvalue weighted by molar-refractivity contribution is 0.832. The Labute approximate surface area is 122 Å². The summed E-state index contributed by atoms with van der Waals surface area (Å²) >= 11 is 3.65. The monoisotopic (exact) mass is 316 g/mol. The summed E-state index contributed by atoms with van der Waals surface area (Å²) in [7, 11) is 0. The number of anilines is 1. The molecule has 0 radical (unpaired) electrons. The second kappa shape index (κ2) is 5.35. The van der Waals surface area contributed by atoms with Crippen LogP contribution in [-0.4, -0.2) is 6.54 Å². The van der Waals surface area contributed by atoms with Crippen LogP contribution in [0.2, 0.25) is 0 Å². The summed E-state index contributed by atoms with van der Waals surface area (Å²) in [6.07, 6.45) is 1.15. The molecule has 0 saturated heterocycles. The summed E-state index contributed by atoms with van der Waals surface area (Å²) in [5, 5.41) is 0. The zero-order valence-electron chi connectivity index (χ0n) is 10.8. The van der Waals surface area contributed by atoms with Gasteiger partial charge in [-0.3, -0.25) is 0 Å². The van der Waals surface area contributed by atoms with Gasteiger partial charge in [-0.1, -0.05) is 46.3 Å². The van der Waals surface area contributed by atoms with E-state index >= 15 is 0 Å². The van der Waals surface area contributed by atoms with Crippen LogP contribution in [0.3, 0.4) is 0 Å². The van der Waals surface area contributed by atoms with Crippen LogP contribution in [0.15, 0.2) is 46.9 Å². The summed E-state index contributed by atoms with van der Waals surface area (Å²) in [6, 6.07) is 15.1. The molecule has 0 fully saturated rings. The quantitative estimate of drug-likeness (QED) is 0.939. The number of halogens is 1. The molecule has 0 amide bonds. The van der Waals surface area contributed by atoms with Gasteiger partial charge in [0.25, 0.3) is 0 Å². The zero-order valence-corrected chi connectivity index (χ0v) is 12.4. The number of para-hydroxylation sites is 1. The molecule has 2 N–H and O–H groups in total. The van der Waals surface area contributed by atoms with E-state index in [2.05, 4.69) is 63.3 Å². The predicted octanol–water partition coefficient (Wildman–Crippen LogP) is 3.47. The number of nitrogens with zero attached hydrogens (tertiary/aromatic N) is 1. The van der Waals surface area contributed by atoms with Crippen LogP contribution in [0, 0.1) is 0 Å². The second-order valence-corrected chi connectivity index (χ2v) is 5.78. The van der Waals surface area contributed by atoms with Crippen LogP contribution in [0.5, 0.6) is 0 Å². The molecule has 0 bridgehead atoms. The average molecular weight is 317 g/mol. The smallest absolute Gasteiger partial charge is 0.0440 e. The number of hydrogen-bond donors (Lipinski definition) is 1. The highest BCUT2D eigenvalue weighted by atomic mass is 79.9. The minimum atomic E-state index is 0.589. The van der Waals surface area contributed by atoms with Crippen molar-refractivity contribution in [2.45, 2.75) is 19.5 Å². The van der Waals surface area contributed by atoms with Crippen LogP contribution in [0.25, 0.3) is 0 Å². The number of rotatable bonds is 3. The Hall–Kier alpha value is -1.32. The molecule has 2 nitrogen and oxygen atoms in total. The minimum absolute atomic E-state index is 0.589. The number of benzene rings is 2. The average Bonchev–Trinajstić information content (AvgIpc) is 2.84. The molecule has 98 valence electrons. The zero-order chi connectivity index (χ0) is 13.2. The second-order valence-electron chi connectivity index (χ2n) is 4.93. The summed E-state index contributed by atoms with van der Waals surface area (Å²) in [5.74, 6) is 0. The van der Waals surface area contributed by atoms with Crippen molar-refractivity contribution < 1.29 is 0 Å². The van der Waals surface area contributed by atoms with Gasteiger partial charge in [0.15, 0.2) is 0 Å². The van der Waals surface area contributed by atoms with Gasteiger partial charge in [0.1, 0.15) is 0 Å². The van der Waals surface area contributed by atoms with Crippen molar-refractivity contribution in [1.29, 1.82) is 0 Å². The predicted molar refractivity (Wildman–Crippen MR) is 83.2 cm³/mol. The Kier molecular flexibility index (Phi) is 3.58. The Bertz CT molecular complexity index is 595. The molecule has 0 spiro atoms. The first-order valence-corrected chi connectivity index (χ1v) is 7.37. The molecular formula is C16H17BrN2. The Morgan fingerprint density at radius 3 is 2.79 bits per heavy atom. The number of fused-ring (bicyclic) bond motifs is 1. The van der Waals surface area contributed by atoms with E-state index in [1.165, 1.54) is 16.8 Å². The maximum absolute atomic E-state index is 5.66. The van der Waals surface area contributed by atoms with Crippen molar-refractivity contribution in [3.05, 3.63) is 63.6 Å². The van der Waals surface area contributed by atoms with Gasteiger partial charge in [-0.25, -0.2) is 0 Å². The molecule has 3 rings (SSSR count). The SMILES string of the molecule is NCc1ccc(CN2CCc3ccccc32)c(Br)c1. The highest BCUT2D eigenvalue weighted by Crippen LogP contribution is 2.30. The van der Waals surface area contributed by atoms with Crippen LogP contribution in [0.4, 0.5) is 5.69 Å². The van der Waals surface area contributed by atoms with Crippen LogP contribution >= 0.6 is 15.9 Å². The van der Waals surface area contributed by atoms with Crippen molar-refractivity contribution >= 4 is 21.6 Å². The van der Waals surface area contributed by atoms with Gasteiger partial charge in [-0.05, 0) is 35.2 Å². The van der Waals surface area contributed by atoms with E-state index < -0.39 is 0 Å². The van der Waals surface area contributed by atoms with E-state index in [1.807, 2.05) is 0 Å². The summed E-state index contributed by atoms with van der Waals surface area (Å²) in [5.41, 5.74) is 11.0. The molecule has 0 aliphatic carbocycles. The van der Waals surface area contributed by atoms with Crippen molar-refractivity contribution in [1.82, 2.24) is 0 Å². The van der Waals surface area contributed by atoms with Crippen molar-refractivity contribution in [2.75, 3.05) is 11.4 Å². The fraction of sp³-hybridized carbons (Fsp3) is 0.250. The van der Waals surface area contributed by atoms with Crippen LogP contribution in [-0.2, 0) is 19.5 Å². The minimum Gasteiger partial charge on any atom is -0.367 e. The fourth-order valence-electron chi connectivity index (χ4n) is 2.62. The lowest BCUT2D eigenvalue weighted by Gasteiger charge is -2.20. The molecular weight excluding hydrogens is 300 g/mol. The molecule has 0 aromatic heterocycles. The third-order valence-electron chi connectivity index (χ3n) is 3.70. The lowest BCUT2D eigenvalue weighted by Crippen LogP contribution is -2.19. The summed E-state index contributed by atoms with van der Waals surface area (Å²) < 4.78 is 1.15. The van der Waals surface area contributed by atoms with Gasteiger partial charge in [0.05, 0.1) is 0 Å². The summed E-state index contributed by atoms with van der Waals surface area (Å²) in [4.78, 5) is 2.44. The molecule has 19 heavy (non-hydrogen) atoms. The fourth-order valence-corrected chi connectivity index (χ4v) is 3.17. The third-order valence-corrected chi connectivity index (χ3v) is 4.44. The lowest BCUT2D eigenvalue weighted by atomic mass is 10.1. The van der Waals surface area contributed by atoms with E-state index in [0.717, 1.165) is 29.5 Å². The highest BCUT2D eigenvalue weighted by Gasteiger charge is 2.18. The van der Waals surface area contributed by atoms with Gasteiger partial charge >= 0.3 is 0 Å². The van der Waals surface area contributed by atoms with Gasteiger partial charge in [-0.15, -0.1) is 0 Å². The van der Waals surface area contributed by atoms with E-state index in [-0.39, 0.29) is 0 Å². The summed E-state index contributed by atoms with van der Waals surface area (Å²) in [6.45, 7) is 2.64. The van der Waals surface area contributed by atoms with E-state index in [1.54, 1.807) is 0 Å². The molecule has 1 aliphatic heterocycles. The molecule has 0 atom stereocenters. The molecule has 0 unspecified atom stereocenters. The number of hydrogen-bond acceptors (Lipinski definition) is 2. The van der Waals surface area contributed by atoms with E-state index in [9.17, 15) is 0 Å². The van der Waals surface area contributed by atoms with Crippen molar-refractivity contribution in [3.63, 3.8) is 0 Å². The Balaban J connectivity index is 1.83. The normalized spacial score (nSPS) is 13.7. The van der Waals surface area contributed by atoms with Gasteiger partial charge in [0, 0.05) is 29.8 Å². The molecule has 2 aromatic rings. The van der Waals surface area contributed by atoms with Gasteiger partial charge in [0.2, 0.25) is 0 Å². The van der Waals surface area contributed by atoms with Crippen LogP contribution < -0.4 is 10.6 Å². The van der Waals surface area contributed by atoms with Gasteiger partial charge in [-0.2, -0.15) is 0 Å².